The fourth-order valence-corrected chi connectivity index (χ4v) is 2.95. The Labute approximate surface area is 149 Å². The molecule has 0 amide bonds. The highest BCUT2D eigenvalue weighted by atomic mass is 35.5. The lowest BCUT2D eigenvalue weighted by atomic mass is 10.1. The first-order valence-corrected chi connectivity index (χ1v) is 8.25. The summed E-state index contributed by atoms with van der Waals surface area (Å²) in [7, 11) is 0. The Kier molecular flexibility index (Phi) is 4.04. The Morgan fingerprint density at radius 2 is 1.68 bits per heavy atom. The number of hydrogen-bond acceptors (Lipinski definition) is 3. The molecule has 0 aliphatic rings. The van der Waals surface area contributed by atoms with Crippen molar-refractivity contribution in [1.82, 2.24) is 14.8 Å². The molecule has 0 radical (unpaired) electrons. The lowest BCUT2D eigenvalue weighted by Crippen LogP contribution is -2.24. The van der Waals surface area contributed by atoms with Gasteiger partial charge in [0, 0.05) is 28.4 Å². The first-order chi connectivity index (χ1) is 12.2. The molecule has 5 heteroatoms. The SMILES string of the molecule is O=c1c2ccccc2c(-c2cccnc2)nn1Cc1ccc(Cl)cc1. The van der Waals surface area contributed by atoms with Gasteiger partial charge in [-0.15, -0.1) is 0 Å². The smallest absolute Gasteiger partial charge is 0.267 e. The van der Waals surface area contributed by atoms with Crippen LogP contribution in [0.1, 0.15) is 5.56 Å². The molecule has 0 N–H and O–H groups in total. The number of fused-ring (bicyclic) bond motifs is 1. The zero-order valence-electron chi connectivity index (χ0n) is 13.3. The normalized spacial score (nSPS) is 10.9. The minimum Gasteiger partial charge on any atom is -0.267 e. The Balaban J connectivity index is 1.91. The third-order valence-electron chi connectivity index (χ3n) is 4.05. The Morgan fingerprint density at radius 3 is 2.40 bits per heavy atom. The van der Waals surface area contributed by atoms with Gasteiger partial charge in [-0.3, -0.25) is 9.78 Å². The monoisotopic (exact) mass is 347 g/mol. The van der Waals surface area contributed by atoms with Crippen LogP contribution in [0.25, 0.3) is 22.0 Å². The zero-order chi connectivity index (χ0) is 17.2. The van der Waals surface area contributed by atoms with Gasteiger partial charge in [-0.2, -0.15) is 5.10 Å². The maximum atomic E-state index is 12.8. The van der Waals surface area contributed by atoms with E-state index < -0.39 is 0 Å². The summed E-state index contributed by atoms with van der Waals surface area (Å²) >= 11 is 5.94. The third-order valence-corrected chi connectivity index (χ3v) is 4.30. The van der Waals surface area contributed by atoms with Crippen LogP contribution in [-0.4, -0.2) is 14.8 Å². The van der Waals surface area contributed by atoms with Crippen molar-refractivity contribution >= 4 is 22.4 Å². The maximum absolute atomic E-state index is 12.8. The molecule has 0 fully saturated rings. The van der Waals surface area contributed by atoms with Gasteiger partial charge in [0.05, 0.1) is 11.9 Å². The van der Waals surface area contributed by atoms with Crippen LogP contribution in [0.4, 0.5) is 0 Å². The maximum Gasteiger partial charge on any atom is 0.274 e. The molecule has 0 unspecified atom stereocenters. The highest BCUT2D eigenvalue weighted by Crippen LogP contribution is 2.23. The predicted molar refractivity (Wildman–Crippen MR) is 99.8 cm³/mol. The summed E-state index contributed by atoms with van der Waals surface area (Å²) in [6.07, 6.45) is 3.47. The second-order valence-electron chi connectivity index (χ2n) is 5.73. The van der Waals surface area contributed by atoms with E-state index in [1.54, 1.807) is 12.4 Å². The van der Waals surface area contributed by atoms with Crippen LogP contribution in [0, 0.1) is 0 Å². The van der Waals surface area contributed by atoms with Crippen molar-refractivity contribution in [2.45, 2.75) is 6.54 Å². The van der Waals surface area contributed by atoms with Crippen molar-refractivity contribution in [3.8, 4) is 11.3 Å². The van der Waals surface area contributed by atoms with E-state index in [-0.39, 0.29) is 5.56 Å². The second-order valence-corrected chi connectivity index (χ2v) is 6.16. The molecule has 0 atom stereocenters. The Bertz CT molecular complexity index is 1090. The first kappa shape index (κ1) is 15.5. The van der Waals surface area contributed by atoms with Gasteiger partial charge in [0.2, 0.25) is 0 Å². The molecular weight excluding hydrogens is 334 g/mol. The van der Waals surface area contributed by atoms with Crippen LogP contribution in [0.3, 0.4) is 0 Å². The van der Waals surface area contributed by atoms with Crippen LogP contribution in [0.2, 0.25) is 5.02 Å². The van der Waals surface area contributed by atoms with Crippen molar-refractivity contribution in [3.05, 3.63) is 94.0 Å². The molecule has 2 heterocycles. The molecule has 122 valence electrons. The van der Waals surface area contributed by atoms with Crippen molar-refractivity contribution in [2.75, 3.05) is 0 Å². The highest BCUT2D eigenvalue weighted by molar-refractivity contribution is 6.30. The van der Waals surface area contributed by atoms with E-state index in [0.717, 1.165) is 22.2 Å². The number of aromatic nitrogens is 3. The summed E-state index contributed by atoms with van der Waals surface area (Å²) < 4.78 is 1.49. The third kappa shape index (κ3) is 3.04. The lowest BCUT2D eigenvalue weighted by molar-refractivity contribution is 0.651. The van der Waals surface area contributed by atoms with Gasteiger partial charge in [-0.1, -0.05) is 41.9 Å². The number of nitrogens with zero attached hydrogens (tertiary/aromatic N) is 3. The molecule has 0 aliphatic heterocycles. The summed E-state index contributed by atoms with van der Waals surface area (Å²) in [6.45, 7) is 0.383. The largest absolute Gasteiger partial charge is 0.274 e. The highest BCUT2D eigenvalue weighted by Gasteiger charge is 2.12. The van der Waals surface area contributed by atoms with Crippen molar-refractivity contribution in [2.24, 2.45) is 0 Å². The van der Waals surface area contributed by atoms with E-state index in [1.165, 1.54) is 4.68 Å². The van der Waals surface area contributed by atoms with Gasteiger partial charge >= 0.3 is 0 Å². The van der Waals surface area contributed by atoms with Crippen LogP contribution < -0.4 is 5.56 Å². The molecule has 0 saturated carbocycles. The van der Waals surface area contributed by atoms with Crippen LogP contribution >= 0.6 is 11.6 Å². The van der Waals surface area contributed by atoms with Gasteiger partial charge in [-0.05, 0) is 35.9 Å². The average Bonchev–Trinajstić information content (AvgIpc) is 2.66. The molecule has 0 bridgehead atoms. The van der Waals surface area contributed by atoms with Crippen LogP contribution in [-0.2, 0) is 6.54 Å². The minimum absolute atomic E-state index is 0.113. The number of halogens is 1. The number of pyridine rings is 1. The second kappa shape index (κ2) is 6.49. The Morgan fingerprint density at radius 1 is 0.920 bits per heavy atom. The minimum atomic E-state index is -0.113. The standard InChI is InChI=1S/C20H14ClN3O/c21-16-9-7-14(8-10-16)13-24-20(25)18-6-2-1-5-17(18)19(23-24)15-4-3-11-22-12-15/h1-12H,13H2. The molecule has 4 aromatic rings. The van der Waals surface area contributed by atoms with Gasteiger partial charge in [0.1, 0.15) is 5.69 Å². The molecule has 0 spiro atoms. The molecule has 2 aromatic carbocycles. The van der Waals surface area contributed by atoms with Crippen LogP contribution in [0.15, 0.2) is 77.9 Å². The molecule has 0 saturated heterocycles. The Hall–Kier alpha value is -2.98. The van der Waals surface area contributed by atoms with E-state index in [2.05, 4.69) is 10.1 Å². The quantitative estimate of drug-likeness (QED) is 0.559. The number of hydrogen-bond donors (Lipinski definition) is 0. The van der Waals surface area contributed by atoms with Crippen LogP contribution in [0.5, 0.6) is 0 Å². The zero-order valence-corrected chi connectivity index (χ0v) is 14.0. The van der Waals surface area contributed by atoms with E-state index in [4.69, 9.17) is 11.6 Å². The summed E-state index contributed by atoms with van der Waals surface area (Å²) in [6, 6.07) is 18.7. The van der Waals surface area contributed by atoms with Gasteiger partial charge in [0.25, 0.3) is 5.56 Å². The van der Waals surface area contributed by atoms with Gasteiger partial charge < -0.3 is 0 Å². The summed E-state index contributed by atoms with van der Waals surface area (Å²) in [5.74, 6) is 0. The number of rotatable bonds is 3. The van der Waals surface area contributed by atoms with Crippen molar-refractivity contribution in [1.29, 1.82) is 0 Å². The van der Waals surface area contributed by atoms with E-state index >= 15 is 0 Å². The summed E-state index contributed by atoms with van der Waals surface area (Å²) in [5.41, 5.74) is 2.48. The topological polar surface area (TPSA) is 47.8 Å². The first-order valence-electron chi connectivity index (χ1n) is 7.87. The summed E-state index contributed by atoms with van der Waals surface area (Å²) in [5, 5.41) is 6.76. The molecule has 2 aromatic heterocycles. The molecule has 0 aliphatic carbocycles. The average molecular weight is 348 g/mol. The van der Waals surface area contributed by atoms with E-state index in [0.29, 0.717) is 17.0 Å². The summed E-state index contributed by atoms with van der Waals surface area (Å²) in [4.78, 5) is 17.0. The predicted octanol–water partition coefficient (Wildman–Crippen LogP) is 4.16. The van der Waals surface area contributed by atoms with Crippen molar-refractivity contribution < 1.29 is 0 Å². The molecular formula is C20H14ClN3O. The van der Waals surface area contributed by atoms with Crippen molar-refractivity contribution in [3.63, 3.8) is 0 Å². The fraction of sp³-hybridized carbons (Fsp3) is 0.0500. The van der Waals surface area contributed by atoms with E-state index in [1.807, 2.05) is 60.7 Å². The molecule has 4 nitrogen and oxygen atoms in total. The molecule has 25 heavy (non-hydrogen) atoms. The van der Waals surface area contributed by atoms with Gasteiger partial charge in [0.15, 0.2) is 0 Å². The fourth-order valence-electron chi connectivity index (χ4n) is 2.82. The lowest BCUT2D eigenvalue weighted by Gasteiger charge is -2.11. The van der Waals surface area contributed by atoms with Gasteiger partial charge in [-0.25, -0.2) is 4.68 Å². The van der Waals surface area contributed by atoms with E-state index in [9.17, 15) is 4.79 Å². The molecule has 4 rings (SSSR count). The number of benzene rings is 2.